The third-order valence-electron chi connectivity index (χ3n) is 4.57. The van der Waals surface area contributed by atoms with Crippen LogP contribution in [0.15, 0.2) is 121 Å². The van der Waals surface area contributed by atoms with Crippen molar-refractivity contribution in [3.8, 4) is 0 Å². The second-order valence-corrected chi connectivity index (χ2v) is 9.39. The summed E-state index contributed by atoms with van der Waals surface area (Å²) in [5, 5.41) is 7.61. The summed E-state index contributed by atoms with van der Waals surface area (Å²) in [5.41, 5.74) is 4.53. The van der Waals surface area contributed by atoms with E-state index in [2.05, 4.69) is 114 Å². The molecule has 0 bridgehead atoms. The van der Waals surface area contributed by atoms with Crippen molar-refractivity contribution in [3.05, 3.63) is 121 Å². The summed E-state index contributed by atoms with van der Waals surface area (Å²) in [4.78, 5) is 0. The molecule has 0 unspecified atom stereocenters. The molecule has 0 aliphatic heterocycles. The van der Waals surface area contributed by atoms with Gasteiger partial charge in [0.1, 0.15) is 15.9 Å². The lowest BCUT2D eigenvalue weighted by atomic mass is 10.3. The predicted molar refractivity (Wildman–Crippen MR) is 118 cm³/mol. The molecule has 0 amide bonds. The minimum absolute atomic E-state index is 0. The van der Waals surface area contributed by atoms with Crippen molar-refractivity contribution in [2.24, 2.45) is 0 Å². The number of hydrogen-bond acceptors (Lipinski definition) is 2. The molecule has 0 aliphatic carbocycles. The molecule has 0 fully saturated rings. The summed E-state index contributed by atoms with van der Waals surface area (Å²) in [5.74, 6) is 0. The van der Waals surface area contributed by atoms with E-state index in [0.717, 1.165) is 5.69 Å². The van der Waals surface area contributed by atoms with Gasteiger partial charge >= 0.3 is 0 Å². The molecule has 4 rings (SSSR count). The summed E-state index contributed by atoms with van der Waals surface area (Å²) in [7, 11) is -2.08. The van der Waals surface area contributed by atoms with Crippen LogP contribution in [-0.2, 0) is 0 Å². The van der Waals surface area contributed by atoms with Crippen molar-refractivity contribution in [1.82, 2.24) is 5.20 Å². The molecule has 0 saturated carbocycles. The van der Waals surface area contributed by atoms with Crippen LogP contribution < -0.4 is 43.5 Å². The lowest BCUT2D eigenvalue weighted by Crippen LogP contribution is -3.00. The van der Waals surface area contributed by atoms with Gasteiger partial charge in [-0.15, -0.1) is 0 Å². The second kappa shape index (κ2) is 9.66. The Labute approximate surface area is 177 Å². The zero-order valence-electron chi connectivity index (χ0n) is 15.4. The maximum absolute atomic E-state index is 3.76. The van der Waals surface area contributed by atoms with Crippen molar-refractivity contribution in [2.75, 3.05) is 5.43 Å². The van der Waals surface area contributed by atoms with Crippen LogP contribution in [-0.4, -0.2) is 0 Å². The highest BCUT2D eigenvalue weighted by Crippen LogP contribution is 2.50. The molecule has 0 radical (unpaired) electrons. The first-order valence-electron chi connectivity index (χ1n) is 9.04. The van der Waals surface area contributed by atoms with Crippen LogP contribution in [0.25, 0.3) is 0 Å². The van der Waals surface area contributed by atoms with Crippen molar-refractivity contribution in [1.29, 1.82) is 0 Å². The Morgan fingerprint density at radius 2 is 0.750 bits per heavy atom. The minimum atomic E-state index is -2.08. The van der Waals surface area contributed by atoms with Gasteiger partial charge in [0.15, 0.2) is 7.41 Å². The molecule has 0 heterocycles. The number of para-hydroxylation sites is 1. The number of benzene rings is 4. The Hall–Kier alpha value is -2.45. The van der Waals surface area contributed by atoms with E-state index in [1.54, 1.807) is 0 Å². The summed E-state index contributed by atoms with van der Waals surface area (Å²) in [6, 6.07) is 42.4. The van der Waals surface area contributed by atoms with Crippen molar-refractivity contribution < 1.29 is 17.0 Å². The highest BCUT2D eigenvalue weighted by molar-refractivity contribution is 7.94. The van der Waals surface area contributed by atoms with Crippen molar-refractivity contribution in [2.45, 2.75) is 0 Å². The van der Waals surface area contributed by atoms with Gasteiger partial charge in [0.05, 0.1) is 5.69 Å². The van der Waals surface area contributed by atoms with Gasteiger partial charge in [0.2, 0.25) is 0 Å². The third kappa shape index (κ3) is 4.18. The number of nitrogens with one attached hydrogen (secondary N) is 2. The number of hydrazine groups is 1. The molecule has 4 aromatic carbocycles. The lowest BCUT2D eigenvalue weighted by Gasteiger charge is -2.28. The Morgan fingerprint density at radius 1 is 0.429 bits per heavy atom. The fraction of sp³-hybridized carbons (Fsp3) is 0. The standard InChI is InChI=1S/C24H22N2P.BrH/c1-5-13-21(14-6-1)25-26-27(22-15-7-2-8-16-22,23-17-9-3-10-18-23)24-19-11-4-12-20-24;/h1-20,25-26H;1H/q+1;/p-1. The maximum Gasteiger partial charge on any atom is 0.199 e. The van der Waals surface area contributed by atoms with Gasteiger partial charge in [-0.2, -0.15) is 0 Å². The molecule has 4 aromatic rings. The average Bonchev–Trinajstić information content (AvgIpc) is 2.77. The van der Waals surface area contributed by atoms with Gasteiger partial charge in [-0.1, -0.05) is 78.0 Å². The first-order valence-corrected chi connectivity index (χ1v) is 10.8. The highest BCUT2D eigenvalue weighted by atomic mass is 79.9. The number of rotatable bonds is 6. The number of hydrogen-bond donors (Lipinski definition) is 2. The molecule has 0 saturated heterocycles. The quantitative estimate of drug-likeness (QED) is 0.345. The van der Waals surface area contributed by atoms with Crippen LogP contribution in [0.5, 0.6) is 0 Å². The van der Waals surface area contributed by atoms with Crippen LogP contribution in [0.1, 0.15) is 0 Å². The van der Waals surface area contributed by atoms with Gasteiger partial charge in [-0.05, 0) is 48.5 Å². The SMILES string of the molecule is [Br-].c1ccc(NN[P+](c2ccccc2)(c2ccccc2)c2ccccc2)cc1. The zero-order chi connectivity index (χ0) is 18.4. The van der Waals surface area contributed by atoms with E-state index in [1.807, 2.05) is 18.2 Å². The van der Waals surface area contributed by atoms with E-state index in [0.29, 0.717) is 0 Å². The highest BCUT2D eigenvalue weighted by Gasteiger charge is 2.46. The summed E-state index contributed by atoms with van der Waals surface area (Å²) >= 11 is 0. The first kappa shape index (κ1) is 20.3. The van der Waals surface area contributed by atoms with E-state index in [4.69, 9.17) is 0 Å². The largest absolute Gasteiger partial charge is 1.00 e. The van der Waals surface area contributed by atoms with E-state index >= 15 is 0 Å². The smallest absolute Gasteiger partial charge is 0.199 e. The molecular formula is C24H22BrN2P. The van der Waals surface area contributed by atoms with E-state index in [9.17, 15) is 0 Å². The van der Waals surface area contributed by atoms with Gasteiger partial charge < -0.3 is 17.0 Å². The van der Waals surface area contributed by atoms with Crippen LogP contribution >= 0.6 is 7.41 Å². The first-order chi connectivity index (χ1) is 13.4. The minimum Gasteiger partial charge on any atom is -1.00 e. The Bertz CT molecular complexity index is 868. The second-order valence-electron chi connectivity index (χ2n) is 6.28. The number of anilines is 1. The van der Waals surface area contributed by atoms with Gasteiger partial charge in [0.25, 0.3) is 0 Å². The topological polar surface area (TPSA) is 24.1 Å². The normalized spacial score (nSPS) is 10.7. The van der Waals surface area contributed by atoms with Crippen molar-refractivity contribution >= 4 is 29.0 Å². The molecule has 28 heavy (non-hydrogen) atoms. The summed E-state index contributed by atoms with van der Waals surface area (Å²) < 4.78 is 0. The van der Waals surface area contributed by atoms with E-state index in [-0.39, 0.29) is 17.0 Å². The molecule has 0 spiro atoms. The number of halogens is 1. The van der Waals surface area contributed by atoms with Gasteiger partial charge in [-0.3, -0.25) is 5.43 Å². The van der Waals surface area contributed by atoms with Crippen molar-refractivity contribution in [3.63, 3.8) is 0 Å². The fourth-order valence-corrected chi connectivity index (χ4v) is 6.70. The predicted octanol–water partition coefficient (Wildman–Crippen LogP) is 1.52. The molecule has 4 heteroatoms. The summed E-state index contributed by atoms with van der Waals surface area (Å²) in [6.07, 6.45) is 0. The van der Waals surface area contributed by atoms with Crippen LogP contribution in [0.2, 0.25) is 0 Å². The fourth-order valence-electron chi connectivity index (χ4n) is 3.27. The Kier molecular flexibility index (Phi) is 7.00. The lowest BCUT2D eigenvalue weighted by molar-refractivity contribution is -0.00000523. The molecule has 140 valence electrons. The summed E-state index contributed by atoms with van der Waals surface area (Å²) in [6.45, 7) is 0. The molecule has 0 aromatic heterocycles. The van der Waals surface area contributed by atoms with E-state index < -0.39 is 7.41 Å². The van der Waals surface area contributed by atoms with E-state index in [1.165, 1.54) is 15.9 Å². The van der Waals surface area contributed by atoms with Gasteiger partial charge in [0, 0.05) is 0 Å². The van der Waals surface area contributed by atoms with Crippen LogP contribution in [0.3, 0.4) is 0 Å². The molecule has 2 N–H and O–H groups in total. The van der Waals surface area contributed by atoms with Gasteiger partial charge in [-0.25, -0.2) is 0 Å². The maximum atomic E-state index is 3.76. The Balaban J connectivity index is 0.00000225. The molecule has 2 nitrogen and oxygen atoms in total. The third-order valence-corrected chi connectivity index (χ3v) is 8.24. The molecule has 0 aliphatic rings. The molecular weight excluding hydrogens is 427 g/mol. The van der Waals surface area contributed by atoms with Crippen LogP contribution in [0.4, 0.5) is 5.69 Å². The Morgan fingerprint density at radius 3 is 1.11 bits per heavy atom. The van der Waals surface area contributed by atoms with Crippen LogP contribution in [0, 0.1) is 0 Å². The molecule has 0 atom stereocenters. The zero-order valence-corrected chi connectivity index (χ0v) is 17.9. The average molecular weight is 449 g/mol. The monoisotopic (exact) mass is 448 g/mol.